The molecule has 76 valence electrons. The van der Waals surface area contributed by atoms with Crippen molar-refractivity contribution in [1.29, 1.82) is 0 Å². The van der Waals surface area contributed by atoms with Crippen molar-refractivity contribution in [3.8, 4) is 11.5 Å². The normalized spacial score (nSPS) is 25.8. The fourth-order valence-electron chi connectivity index (χ4n) is 1.05. The number of hydrogen-bond donors (Lipinski definition) is 1. The standard InChI is InChI=1S/C11H15NO2/c1-8(12-2)5-9-3-4-10-11(6-9)14-7-13-10/h3-4,6,8,12H,5,7H2,1-2H3/i2D3,3D,4D,5D2,6D. The molecule has 1 aliphatic heterocycles. The molecule has 1 atom stereocenters. The minimum atomic E-state index is -2.57. The molecule has 3 heteroatoms. The van der Waals surface area contributed by atoms with Crippen LogP contribution in [0.1, 0.15) is 23.5 Å². The van der Waals surface area contributed by atoms with Crippen molar-refractivity contribution in [1.82, 2.24) is 5.32 Å². The lowest BCUT2D eigenvalue weighted by Crippen LogP contribution is -2.23. The maximum atomic E-state index is 8.13. The van der Waals surface area contributed by atoms with Crippen molar-refractivity contribution in [2.45, 2.75) is 19.3 Å². The fourth-order valence-corrected chi connectivity index (χ4v) is 1.05. The Balaban J connectivity index is 2.54. The summed E-state index contributed by atoms with van der Waals surface area (Å²) in [4.78, 5) is 0. The van der Waals surface area contributed by atoms with Crippen LogP contribution in [0, 0.1) is 0 Å². The van der Waals surface area contributed by atoms with Crippen molar-refractivity contribution in [3.63, 3.8) is 0 Å². The highest BCUT2D eigenvalue weighted by Gasteiger charge is 2.13. The number of hydrogen-bond acceptors (Lipinski definition) is 3. The van der Waals surface area contributed by atoms with Gasteiger partial charge in [-0.1, -0.05) is 6.04 Å². The molecular weight excluding hydrogens is 178 g/mol. The van der Waals surface area contributed by atoms with Gasteiger partial charge in [-0.05, 0) is 37.9 Å². The maximum Gasteiger partial charge on any atom is 0.231 e. The summed E-state index contributed by atoms with van der Waals surface area (Å²) in [5, 5.41) is 2.12. The second-order valence-electron chi connectivity index (χ2n) is 2.83. The Morgan fingerprint density at radius 2 is 2.50 bits per heavy atom. The van der Waals surface area contributed by atoms with Crippen molar-refractivity contribution in [2.75, 3.05) is 13.8 Å². The molecule has 14 heavy (non-hydrogen) atoms. The van der Waals surface area contributed by atoms with Crippen LogP contribution in [0.2, 0.25) is 0 Å². The lowest BCUT2D eigenvalue weighted by Gasteiger charge is -2.09. The number of nitrogens with one attached hydrogen (secondary N) is 1. The van der Waals surface area contributed by atoms with Crippen LogP contribution in [-0.4, -0.2) is 19.8 Å². The van der Waals surface area contributed by atoms with Crippen molar-refractivity contribution >= 4 is 0 Å². The van der Waals surface area contributed by atoms with E-state index in [9.17, 15) is 0 Å². The highest BCUT2D eigenvalue weighted by Crippen LogP contribution is 2.32. The third-order valence-electron chi connectivity index (χ3n) is 1.73. The molecule has 3 nitrogen and oxygen atoms in total. The summed E-state index contributed by atoms with van der Waals surface area (Å²) in [6, 6.07) is -2.52. The number of rotatable bonds is 3. The minimum absolute atomic E-state index is 0.0639. The smallest absolute Gasteiger partial charge is 0.231 e. The maximum absolute atomic E-state index is 8.13. The Morgan fingerprint density at radius 3 is 3.36 bits per heavy atom. The monoisotopic (exact) mass is 201 g/mol. The quantitative estimate of drug-likeness (QED) is 0.805. The molecule has 1 heterocycles. The van der Waals surface area contributed by atoms with E-state index in [1.807, 2.05) is 0 Å². The average Bonchev–Trinajstić information content (AvgIpc) is 2.83. The van der Waals surface area contributed by atoms with Gasteiger partial charge >= 0.3 is 0 Å². The number of benzene rings is 1. The molecule has 0 amide bonds. The first-order chi connectivity index (χ1) is 9.97. The predicted octanol–water partition coefficient (Wildman–Crippen LogP) is 1.57. The van der Waals surface area contributed by atoms with E-state index in [1.165, 1.54) is 6.92 Å². The third kappa shape index (κ3) is 1.82. The van der Waals surface area contributed by atoms with Gasteiger partial charge in [0, 0.05) is 12.9 Å². The van der Waals surface area contributed by atoms with Crippen LogP contribution in [0.25, 0.3) is 0 Å². The first-order valence-corrected chi connectivity index (χ1v) is 4.14. The van der Waals surface area contributed by atoms with E-state index >= 15 is 0 Å². The molecule has 0 bridgehead atoms. The topological polar surface area (TPSA) is 30.5 Å². The van der Waals surface area contributed by atoms with Gasteiger partial charge in [-0.15, -0.1) is 0 Å². The van der Waals surface area contributed by atoms with Gasteiger partial charge in [-0.3, -0.25) is 0 Å². The predicted molar refractivity (Wildman–Crippen MR) is 54.8 cm³/mol. The molecule has 0 radical (unpaired) electrons. The zero-order valence-electron chi connectivity index (χ0n) is 15.6. The Morgan fingerprint density at radius 1 is 1.64 bits per heavy atom. The van der Waals surface area contributed by atoms with Crippen LogP contribution in [0.5, 0.6) is 11.5 Å². The second-order valence-corrected chi connectivity index (χ2v) is 2.83. The molecule has 0 saturated heterocycles. The van der Waals surface area contributed by atoms with E-state index < -0.39 is 37.0 Å². The molecule has 1 unspecified atom stereocenters. The highest BCUT2D eigenvalue weighted by atomic mass is 16.7. The molecule has 2 rings (SSSR count). The van der Waals surface area contributed by atoms with E-state index in [4.69, 9.17) is 20.4 Å². The van der Waals surface area contributed by atoms with Crippen LogP contribution < -0.4 is 14.8 Å². The van der Waals surface area contributed by atoms with E-state index in [2.05, 4.69) is 5.32 Å². The van der Waals surface area contributed by atoms with Crippen LogP contribution in [0.4, 0.5) is 0 Å². The van der Waals surface area contributed by atoms with Gasteiger partial charge in [0.2, 0.25) is 6.79 Å². The summed E-state index contributed by atoms with van der Waals surface area (Å²) in [5.41, 5.74) is -0.397. The van der Waals surface area contributed by atoms with E-state index in [-0.39, 0.29) is 24.3 Å². The van der Waals surface area contributed by atoms with Gasteiger partial charge < -0.3 is 14.8 Å². The molecule has 1 N–H and O–H groups in total. The van der Waals surface area contributed by atoms with Gasteiger partial charge in [-0.25, -0.2) is 0 Å². The fraction of sp³-hybridized carbons (Fsp3) is 0.455. The summed E-state index contributed by atoms with van der Waals surface area (Å²) in [5.74, 6) is -0.160. The van der Waals surface area contributed by atoms with Crippen LogP contribution in [0.3, 0.4) is 0 Å². The van der Waals surface area contributed by atoms with Crippen LogP contribution in [0.15, 0.2) is 18.1 Å². The van der Waals surface area contributed by atoms with E-state index in [0.717, 1.165) is 0 Å². The Hall–Kier alpha value is -1.22. The van der Waals surface area contributed by atoms with Gasteiger partial charge in [0.1, 0.15) is 0 Å². The zero-order chi connectivity index (χ0) is 16.9. The number of likely N-dealkylation sites (N-methyl/N-ethyl adjacent to an activating group) is 1. The third-order valence-corrected chi connectivity index (χ3v) is 1.73. The molecule has 0 aromatic heterocycles. The average molecular weight is 201 g/mol. The molecule has 1 aliphatic rings. The lowest BCUT2D eigenvalue weighted by atomic mass is 10.1. The lowest BCUT2D eigenvalue weighted by molar-refractivity contribution is 0.174. The van der Waals surface area contributed by atoms with Gasteiger partial charge in [0.25, 0.3) is 0 Å². The Kier molecular flexibility index (Phi) is 1.04. The van der Waals surface area contributed by atoms with Crippen molar-refractivity contribution in [3.05, 3.63) is 23.7 Å². The molecule has 1 aromatic rings. The second kappa shape index (κ2) is 3.88. The van der Waals surface area contributed by atoms with Crippen molar-refractivity contribution < 1.29 is 20.4 Å². The van der Waals surface area contributed by atoms with Crippen LogP contribution >= 0.6 is 0 Å². The molecule has 0 spiro atoms. The first kappa shape index (κ1) is 3.74. The minimum Gasteiger partial charge on any atom is -0.454 e. The summed E-state index contributed by atoms with van der Waals surface area (Å²) in [7, 11) is 0. The largest absolute Gasteiger partial charge is 0.454 e. The SMILES string of the molecule is [2H]c1c([2H])c(C([2H])([2H])C(C)NC([2H])([2H])[2H])c([2H])c2c1OCO2. The summed E-state index contributed by atoms with van der Waals surface area (Å²) in [6.45, 7) is -1.47. The van der Waals surface area contributed by atoms with Gasteiger partial charge in [-0.2, -0.15) is 0 Å². The first-order valence-electron chi connectivity index (χ1n) is 8.14. The van der Waals surface area contributed by atoms with E-state index in [1.54, 1.807) is 0 Å². The molecule has 0 fully saturated rings. The summed E-state index contributed by atoms with van der Waals surface area (Å²) in [6.07, 6.45) is -2.36. The van der Waals surface area contributed by atoms with Crippen LogP contribution in [-0.2, 0) is 6.37 Å². The van der Waals surface area contributed by atoms with Gasteiger partial charge in [0.05, 0.1) is 4.11 Å². The molecule has 0 aliphatic carbocycles. The Bertz CT molecular complexity index is 601. The van der Waals surface area contributed by atoms with E-state index in [0.29, 0.717) is 0 Å². The number of ether oxygens (including phenoxy) is 2. The zero-order valence-corrected chi connectivity index (χ0v) is 7.60. The highest BCUT2D eigenvalue weighted by molar-refractivity contribution is 5.44. The Labute approximate surface area is 95.3 Å². The molecule has 1 aromatic carbocycles. The molecular formula is C11H15NO2. The van der Waals surface area contributed by atoms with Gasteiger partial charge in [0.15, 0.2) is 11.5 Å². The molecule has 0 saturated carbocycles. The summed E-state index contributed by atoms with van der Waals surface area (Å²) >= 11 is 0. The summed E-state index contributed by atoms with van der Waals surface area (Å²) < 4.78 is 71.6. The van der Waals surface area contributed by atoms with Crippen molar-refractivity contribution in [2.24, 2.45) is 0 Å². The number of fused-ring (bicyclic) bond motifs is 1.